The Hall–Kier alpha value is -0.160. The zero-order valence-electron chi connectivity index (χ0n) is 7.43. The lowest BCUT2D eigenvalue weighted by Crippen LogP contribution is -2.44. The van der Waals surface area contributed by atoms with Crippen LogP contribution in [0.4, 0.5) is 0 Å². The van der Waals surface area contributed by atoms with Crippen molar-refractivity contribution in [1.29, 1.82) is 0 Å². The molecular weight excluding hydrogens is 156 g/mol. The van der Waals surface area contributed by atoms with Crippen molar-refractivity contribution in [2.75, 3.05) is 26.7 Å². The Labute approximate surface area is 72.6 Å². The van der Waals surface area contributed by atoms with Crippen molar-refractivity contribution in [2.45, 2.75) is 24.9 Å². The van der Waals surface area contributed by atoms with E-state index < -0.39 is 0 Å². The lowest BCUT2D eigenvalue weighted by Gasteiger charge is -2.32. The van der Waals surface area contributed by atoms with Crippen molar-refractivity contribution in [3.63, 3.8) is 0 Å². The fraction of sp³-hybridized carbons (Fsp3) is 1.00. The van der Waals surface area contributed by atoms with Crippen LogP contribution in [0.1, 0.15) is 12.8 Å². The molecule has 70 valence electrons. The van der Waals surface area contributed by atoms with Gasteiger partial charge in [-0.05, 0) is 25.9 Å². The first-order chi connectivity index (χ1) is 5.85. The van der Waals surface area contributed by atoms with Crippen molar-refractivity contribution >= 4 is 0 Å². The summed E-state index contributed by atoms with van der Waals surface area (Å²) < 4.78 is 10.9. The molecule has 2 heterocycles. The van der Waals surface area contributed by atoms with Crippen LogP contribution in [0.25, 0.3) is 0 Å². The molecule has 1 spiro atoms. The molecule has 2 aliphatic heterocycles. The molecule has 12 heavy (non-hydrogen) atoms. The molecule has 0 aromatic rings. The van der Waals surface area contributed by atoms with Crippen LogP contribution < -0.4 is 10.6 Å². The first-order valence-corrected chi connectivity index (χ1v) is 4.49. The number of hydrogen-bond donors (Lipinski definition) is 2. The van der Waals surface area contributed by atoms with Gasteiger partial charge in [0.05, 0.1) is 5.60 Å². The number of methoxy groups -OCH3 is 1. The SMILES string of the molecule is COC1NCC2(CCNCC2)O1. The quantitative estimate of drug-likeness (QED) is 0.568. The summed E-state index contributed by atoms with van der Waals surface area (Å²) in [6, 6.07) is 0. The van der Waals surface area contributed by atoms with Gasteiger partial charge in [-0.2, -0.15) is 0 Å². The highest BCUT2D eigenvalue weighted by Gasteiger charge is 2.40. The van der Waals surface area contributed by atoms with Crippen molar-refractivity contribution < 1.29 is 9.47 Å². The molecule has 2 fully saturated rings. The average Bonchev–Trinajstić information content (AvgIpc) is 2.50. The Morgan fingerprint density at radius 1 is 1.42 bits per heavy atom. The molecule has 2 aliphatic rings. The van der Waals surface area contributed by atoms with E-state index in [1.165, 1.54) is 0 Å². The van der Waals surface area contributed by atoms with Crippen LogP contribution in [0.3, 0.4) is 0 Å². The normalized spacial score (nSPS) is 34.2. The fourth-order valence-electron chi connectivity index (χ4n) is 1.89. The number of rotatable bonds is 1. The molecule has 1 atom stereocenters. The van der Waals surface area contributed by atoms with E-state index in [2.05, 4.69) is 10.6 Å². The van der Waals surface area contributed by atoms with E-state index in [0.717, 1.165) is 32.5 Å². The van der Waals surface area contributed by atoms with E-state index in [9.17, 15) is 0 Å². The van der Waals surface area contributed by atoms with E-state index in [-0.39, 0.29) is 12.0 Å². The fourth-order valence-corrected chi connectivity index (χ4v) is 1.89. The van der Waals surface area contributed by atoms with E-state index in [0.29, 0.717) is 0 Å². The molecule has 0 amide bonds. The Morgan fingerprint density at radius 2 is 2.17 bits per heavy atom. The molecule has 2 rings (SSSR count). The summed E-state index contributed by atoms with van der Waals surface area (Å²) in [5, 5.41) is 6.51. The Balaban J connectivity index is 1.94. The van der Waals surface area contributed by atoms with Gasteiger partial charge >= 0.3 is 0 Å². The first-order valence-electron chi connectivity index (χ1n) is 4.49. The predicted octanol–water partition coefficient (Wildman–Crippen LogP) is -0.342. The van der Waals surface area contributed by atoms with Crippen molar-refractivity contribution in [2.24, 2.45) is 0 Å². The van der Waals surface area contributed by atoms with Crippen molar-refractivity contribution in [3.05, 3.63) is 0 Å². The van der Waals surface area contributed by atoms with Crippen LogP contribution in [0.15, 0.2) is 0 Å². The van der Waals surface area contributed by atoms with Crippen molar-refractivity contribution in [1.82, 2.24) is 10.6 Å². The van der Waals surface area contributed by atoms with Gasteiger partial charge in [0.1, 0.15) is 0 Å². The van der Waals surface area contributed by atoms with Crippen LogP contribution in [-0.2, 0) is 9.47 Å². The van der Waals surface area contributed by atoms with Gasteiger partial charge < -0.3 is 14.8 Å². The summed E-state index contributed by atoms with van der Waals surface area (Å²) in [5.41, 5.74) is 0.0475. The molecule has 0 bridgehead atoms. The molecule has 0 aromatic heterocycles. The lowest BCUT2D eigenvalue weighted by atomic mass is 9.93. The third-order valence-corrected chi connectivity index (χ3v) is 2.68. The third kappa shape index (κ3) is 1.47. The van der Waals surface area contributed by atoms with E-state index in [1.54, 1.807) is 7.11 Å². The lowest BCUT2D eigenvalue weighted by molar-refractivity contribution is -0.166. The molecule has 0 radical (unpaired) electrons. The topological polar surface area (TPSA) is 42.5 Å². The molecule has 0 saturated carbocycles. The van der Waals surface area contributed by atoms with Gasteiger partial charge in [-0.15, -0.1) is 0 Å². The molecule has 2 N–H and O–H groups in total. The van der Waals surface area contributed by atoms with Crippen LogP contribution >= 0.6 is 0 Å². The van der Waals surface area contributed by atoms with Crippen LogP contribution in [0.5, 0.6) is 0 Å². The molecule has 1 unspecified atom stereocenters. The monoisotopic (exact) mass is 172 g/mol. The van der Waals surface area contributed by atoms with E-state index in [4.69, 9.17) is 9.47 Å². The standard InChI is InChI=1S/C8H16N2O2/c1-11-7-10-6-8(12-7)2-4-9-5-3-8/h7,9-10H,2-6H2,1H3. The molecule has 4 heteroatoms. The first kappa shape index (κ1) is 8.44. The maximum Gasteiger partial charge on any atom is 0.216 e. The highest BCUT2D eigenvalue weighted by Crippen LogP contribution is 2.27. The van der Waals surface area contributed by atoms with E-state index in [1.807, 2.05) is 0 Å². The smallest absolute Gasteiger partial charge is 0.216 e. The van der Waals surface area contributed by atoms with Gasteiger partial charge in [-0.1, -0.05) is 0 Å². The average molecular weight is 172 g/mol. The van der Waals surface area contributed by atoms with Crippen LogP contribution in [0, 0.1) is 0 Å². The molecule has 0 aliphatic carbocycles. The molecule has 0 aromatic carbocycles. The Bertz CT molecular complexity index is 157. The molecular formula is C8H16N2O2. The Morgan fingerprint density at radius 3 is 2.75 bits per heavy atom. The minimum absolute atomic E-state index is 0.0475. The second-order valence-corrected chi connectivity index (χ2v) is 3.50. The summed E-state index contributed by atoms with van der Waals surface area (Å²) in [5.74, 6) is 0. The molecule has 4 nitrogen and oxygen atoms in total. The summed E-state index contributed by atoms with van der Waals surface area (Å²) in [7, 11) is 1.66. The van der Waals surface area contributed by atoms with E-state index >= 15 is 0 Å². The number of ether oxygens (including phenoxy) is 2. The van der Waals surface area contributed by atoms with Gasteiger partial charge in [-0.3, -0.25) is 5.32 Å². The van der Waals surface area contributed by atoms with Crippen LogP contribution in [-0.4, -0.2) is 38.8 Å². The van der Waals surface area contributed by atoms with Crippen molar-refractivity contribution in [3.8, 4) is 0 Å². The van der Waals surface area contributed by atoms with Crippen LogP contribution in [0.2, 0.25) is 0 Å². The number of piperidine rings is 1. The second kappa shape index (κ2) is 3.30. The summed E-state index contributed by atoms with van der Waals surface area (Å²) in [6.45, 7) is 3.03. The van der Waals surface area contributed by atoms with Gasteiger partial charge in [-0.25, -0.2) is 0 Å². The predicted molar refractivity (Wildman–Crippen MR) is 44.7 cm³/mol. The summed E-state index contributed by atoms with van der Waals surface area (Å²) in [4.78, 5) is 0. The maximum absolute atomic E-state index is 5.77. The Kier molecular flexibility index (Phi) is 2.32. The number of nitrogens with one attached hydrogen (secondary N) is 2. The zero-order valence-corrected chi connectivity index (χ0v) is 7.43. The van der Waals surface area contributed by atoms with Gasteiger partial charge in [0.2, 0.25) is 6.41 Å². The second-order valence-electron chi connectivity index (χ2n) is 3.50. The summed E-state index contributed by atoms with van der Waals surface area (Å²) >= 11 is 0. The van der Waals surface area contributed by atoms with Gasteiger partial charge in [0.25, 0.3) is 0 Å². The summed E-state index contributed by atoms with van der Waals surface area (Å²) in [6.07, 6.45) is 1.97. The molecule has 2 saturated heterocycles. The maximum atomic E-state index is 5.77. The largest absolute Gasteiger partial charge is 0.343 e. The minimum Gasteiger partial charge on any atom is -0.343 e. The minimum atomic E-state index is -0.192. The number of hydrogen-bond acceptors (Lipinski definition) is 4. The third-order valence-electron chi connectivity index (χ3n) is 2.68. The van der Waals surface area contributed by atoms with Gasteiger partial charge in [0, 0.05) is 13.7 Å². The highest BCUT2D eigenvalue weighted by molar-refractivity contribution is 4.91. The van der Waals surface area contributed by atoms with Gasteiger partial charge in [0.15, 0.2) is 0 Å². The zero-order chi connectivity index (χ0) is 8.44. The highest BCUT2D eigenvalue weighted by atomic mass is 16.7.